The molecule has 41 heavy (non-hydrogen) atoms. The van der Waals surface area contributed by atoms with E-state index in [-0.39, 0.29) is 5.02 Å². The molecule has 4 aromatic rings. The number of halogens is 3. The van der Waals surface area contributed by atoms with Crippen LogP contribution in [0.25, 0.3) is 0 Å². The van der Waals surface area contributed by atoms with Gasteiger partial charge in [-0.05, 0) is 53.6 Å². The van der Waals surface area contributed by atoms with E-state index in [1.54, 1.807) is 24.3 Å². The molecule has 2 heterocycles. The maximum absolute atomic E-state index is 14.0. The quantitative estimate of drug-likeness (QED) is 0.194. The molecule has 4 aromatic carbocycles. The van der Waals surface area contributed by atoms with E-state index in [1.165, 1.54) is 6.07 Å². The average molecular weight is 654 g/mol. The van der Waals surface area contributed by atoms with E-state index >= 15 is 0 Å². The first-order chi connectivity index (χ1) is 19.9. The summed E-state index contributed by atoms with van der Waals surface area (Å²) in [5.41, 5.74) is 2.74. The van der Waals surface area contributed by atoms with Gasteiger partial charge in [0.25, 0.3) is 5.91 Å². The summed E-state index contributed by atoms with van der Waals surface area (Å²) in [5, 5.41) is 2.19. The Bertz CT molecular complexity index is 1620. The first kappa shape index (κ1) is 27.6. The molecule has 7 nitrogen and oxygen atoms in total. The Labute approximate surface area is 255 Å². The van der Waals surface area contributed by atoms with E-state index in [0.29, 0.717) is 44.5 Å². The summed E-state index contributed by atoms with van der Waals surface area (Å²) in [5.74, 6) is -0.729. The minimum Gasteiger partial charge on any atom is -0.493 e. The molecule has 0 saturated carbocycles. The molecule has 6 rings (SSSR count). The Hall–Kier alpha value is -3.56. The van der Waals surface area contributed by atoms with Gasteiger partial charge in [-0.15, -0.1) is 0 Å². The van der Waals surface area contributed by atoms with Crippen LogP contribution in [0.4, 0.5) is 11.4 Å². The number of hydrogen-bond acceptors (Lipinski definition) is 6. The number of carbonyl (C=O) groups excluding carboxylic acids is 2. The molecule has 0 N–H and O–H groups in total. The summed E-state index contributed by atoms with van der Waals surface area (Å²) in [6.07, 6.45) is -1.05. The van der Waals surface area contributed by atoms with Crippen LogP contribution in [0.3, 0.4) is 0 Å². The molecule has 2 amide bonds. The second kappa shape index (κ2) is 11.4. The third-order valence-corrected chi connectivity index (χ3v) is 8.55. The number of ether oxygens (including phenoxy) is 2. The molecule has 2 saturated heterocycles. The van der Waals surface area contributed by atoms with Crippen molar-refractivity contribution in [3.05, 3.63) is 117 Å². The molecule has 0 radical (unpaired) electrons. The standard InChI is InChI=1S/C31H23BrCl2N2O5/c1-39-25-15-21(22(32)16-26(25)40-17-18-8-4-2-5-9-18)28-27-29(41-36(28)19-10-6-3-7-11-19)31(38)35(30(27)37)20-12-13-23(33)24(34)14-20/h2-16,27-29H,17H2,1H3/t27-,28+,29+/m0/s1. The third-order valence-electron chi connectivity index (χ3n) is 7.13. The van der Waals surface area contributed by atoms with Gasteiger partial charge in [-0.2, -0.15) is 0 Å². The van der Waals surface area contributed by atoms with E-state index in [4.69, 9.17) is 37.5 Å². The van der Waals surface area contributed by atoms with Crippen LogP contribution >= 0.6 is 39.1 Å². The number of imide groups is 1. The molecule has 3 atom stereocenters. The number of rotatable bonds is 7. The van der Waals surface area contributed by atoms with Crippen molar-refractivity contribution in [2.75, 3.05) is 17.1 Å². The highest BCUT2D eigenvalue weighted by Gasteiger charge is 2.60. The highest BCUT2D eigenvalue weighted by molar-refractivity contribution is 9.10. The molecular formula is C31H23BrCl2N2O5. The van der Waals surface area contributed by atoms with Crippen LogP contribution in [0.2, 0.25) is 10.0 Å². The van der Waals surface area contributed by atoms with Crippen molar-refractivity contribution in [1.82, 2.24) is 0 Å². The Morgan fingerprint density at radius 3 is 2.22 bits per heavy atom. The van der Waals surface area contributed by atoms with E-state index in [9.17, 15) is 9.59 Å². The van der Waals surface area contributed by atoms with E-state index in [1.807, 2.05) is 72.8 Å². The summed E-state index contributed by atoms with van der Waals surface area (Å²) >= 11 is 16.0. The summed E-state index contributed by atoms with van der Waals surface area (Å²) < 4.78 is 12.5. The van der Waals surface area contributed by atoms with Crippen molar-refractivity contribution >= 4 is 62.3 Å². The van der Waals surface area contributed by atoms with Crippen LogP contribution < -0.4 is 19.4 Å². The third kappa shape index (κ3) is 5.06. The SMILES string of the molecule is COc1cc([C@@H]2[C@@H]3C(=O)N(c4ccc(Cl)c(Cl)c4)C(=O)[C@@H]3ON2c2ccccc2)c(Br)cc1OCc1ccccc1. The van der Waals surface area contributed by atoms with Gasteiger partial charge in [-0.25, -0.2) is 9.96 Å². The lowest BCUT2D eigenvalue weighted by atomic mass is 9.90. The zero-order valence-corrected chi connectivity index (χ0v) is 24.8. The van der Waals surface area contributed by atoms with Crippen molar-refractivity contribution in [2.45, 2.75) is 18.8 Å². The summed E-state index contributed by atoms with van der Waals surface area (Å²) in [6, 6.07) is 26.8. The molecule has 0 unspecified atom stereocenters. The lowest BCUT2D eigenvalue weighted by molar-refractivity contribution is -0.126. The fourth-order valence-corrected chi connectivity index (χ4v) is 6.04. The van der Waals surface area contributed by atoms with E-state index in [0.717, 1.165) is 10.5 Å². The molecule has 208 valence electrons. The first-order valence-electron chi connectivity index (χ1n) is 12.8. The molecule has 2 aliphatic heterocycles. The number of hydroxylamine groups is 1. The van der Waals surface area contributed by atoms with Gasteiger partial charge in [0.1, 0.15) is 12.5 Å². The fourth-order valence-electron chi connectivity index (χ4n) is 5.19. The summed E-state index contributed by atoms with van der Waals surface area (Å²) in [4.78, 5) is 35.0. The molecule has 2 fully saturated rings. The van der Waals surface area contributed by atoms with E-state index in [2.05, 4.69) is 15.9 Å². The predicted octanol–water partition coefficient (Wildman–Crippen LogP) is 7.39. The Morgan fingerprint density at radius 1 is 0.829 bits per heavy atom. The zero-order chi connectivity index (χ0) is 28.7. The van der Waals surface area contributed by atoms with Crippen LogP contribution in [0.1, 0.15) is 17.2 Å². The minimum atomic E-state index is -1.05. The largest absolute Gasteiger partial charge is 0.493 e. The molecule has 0 bridgehead atoms. The second-order valence-electron chi connectivity index (χ2n) is 9.57. The first-order valence-corrected chi connectivity index (χ1v) is 14.3. The number of anilines is 2. The second-order valence-corrected chi connectivity index (χ2v) is 11.2. The molecule has 10 heteroatoms. The van der Waals surface area contributed by atoms with Crippen LogP contribution in [0.5, 0.6) is 11.5 Å². The van der Waals surface area contributed by atoms with Crippen LogP contribution in [0, 0.1) is 5.92 Å². The Morgan fingerprint density at radius 2 is 1.54 bits per heavy atom. The monoisotopic (exact) mass is 652 g/mol. The lowest BCUT2D eigenvalue weighted by Crippen LogP contribution is -2.37. The van der Waals surface area contributed by atoms with Crippen LogP contribution in [0.15, 0.2) is 95.5 Å². The number of methoxy groups -OCH3 is 1. The minimum absolute atomic E-state index is 0.240. The van der Waals surface area contributed by atoms with Gasteiger partial charge in [-0.1, -0.05) is 87.7 Å². The molecule has 0 aromatic heterocycles. The van der Waals surface area contributed by atoms with Gasteiger partial charge in [0.05, 0.1) is 34.6 Å². The number of para-hydroxylation sites is 1. The normalized spacial score (nSPS) is 20.0. The van der Waals surface area contributed by atoms with Gasteiger partial charge < -0.3 is 9.47 Å². The average Bonchev–Trinajstić information content (AvgIpc) is 3.50. The highest BCUT2D eigenvalue weighted by atomic mass is 79.9. The van der Waals surface area contributed by atoms with Crippen LogP contribution in [-0.4, -0.2) is 25.0 Å². The highest BCUT2D eigenvalue weighted by Crippen LogP contribution is 2.51. The Kier molecular flexibility index (Phi) is 7.66. The molecular weight excluding hydrogens is 631 g/mol. The van der Waals surface area contributed by atoms with Gasteiger partial charge in [0.2, 0.25) is 5.91 Å². The summed E-state index contributed by atoms with van der Waals surface area (Å²) in [7, 11) is 1.56. The number of carbonyl (C=O) groups is 2. The number of amides is 2. The van der Waals surface area contributed by atoms with E-state index < -0.39 is 29.9 Å². The lowest BCUT2D eigenvalue weighted by Gasteiger charge is -2.30. The van der Waals surface area contributed by atoms with Crippen molar-refractivity contribution in [2.24, 2.45) is 5.92 Å². The Balaban J connectivity index is 1.40. The van der Waals surface area contributed by atoms with Crippen LogP contribution in [-0.2, 0) is 21.0 Å². The van der Waals surface area contributed by atoms with Gasteiger partial charge >= 0.3 is 0 Å². The van der Waals surface area contributed by atoms with Crippen molar-refractivity contribution in [3.63, 3.8) is 0 Å². The number of benzene rings is 4. The maximum Gasteiger partial charge on any atom is 0.266 e. The summed E-state index contributed by atoms with van der Waals surface area (Å²) in [6.45, 7) is 0.349. The van der Waals surface area contributed by atoms with Crippen molar-refractivity contribution in [1.29, 1.82) is 0 Å². The van der Waals surface area contributed by atoms with Gasteiger partial charge in [-0.3, -0.25) is 14.4 Å². The molecule has 2 aliphatic rings. The van der Waals surface area contributed by atoms with Gasteiger partial charge in [0.15, 0.2) is 17.6 Å². The maximum atomic E-state index is 14.0. The predicted molar refractivity (Wildman–Crippen MR) is 160 cm³/mol. The van der Waals surface area contributed by atoms with Gasteiger partial charge in [0, 0.05) is 4.47 Å². The topological polar surface area (TPSA) is 68.3 Å². The number of hydrogen-bond donors (Lipinski definition) is 0. The zero-order valence-electron chi connectivity index (χ0n) is 21.7. The van der Waals surface area contributed by atoms with Crippen molar-refractivity contribution in [3.8, 4) is 11.5 Å². The fraction of sp³-hybridized carbons (Fsp3) is 0.161. The van der Waals surface area contributed by atoms with Crippen molar-refractivity contribution < 1.29 is 23.9 Å². The number of fused-ring (bicyclic) bond motifs is 1. The number of nitrogens with zero attached hydrogens (tertiary/aromatic N) is 2. The molecule has 0 spiro atoms. The smallest absolute Gasteiger partial charge is 0.266 e. The molecule has 0 aliphatic carbocycles.